The molecule has 146 valence electrons. The Hall–Kier alpha value is -4.07. The molecule has 3 rings (SSSR count). The second kappa shape index (κ2) is 9.23. The average Bonchev–Trinajstić information content (AvgIpc) is 2.72. The van der Waals surface area contributed by atoms with Gasteiger partial charge in [0.05, 0.1) is 23.3 Å². The Morgan fingerprint density at radius 1 is 1.00 bits per heavy atom. The van der Waals surface area contributed by atoms with Gasteiger partial charge in [-0.1, -0.05) is 24.3 Å². The van der Waals surface area contributed by atoms with Gasteiger partial charge in [-0.25, -0.2) is 9.97 Å². The number of anilines is 3. The number of nitrogen functional groups attached to an aromatic ring is 1. The van der Waals surface area contributed by atoms with Gasteiger partial charge in [-0.05, 0) is 42.0 Å². The maximum Gasteiger partial charge on any atom is 0.274 e. The number of para-hydroxylation sites is 2. The number of nitrogens with two attached hydrogens (primary N) is 1. The number of aromatic nitrogens is 2. The summed E-state index contributed by atoms with van der Waals surface area (Å²) < 4.78 is 12.7. The third-order valence-electron chi connectivity index (χ3n) is 3.85. The Kier molecular flexibility index (Phi) is 6.26. The van der Waals surface area contributed by atoms with Crippen molar-refractivity contribution in [2.75, 3.05) is 16.4 Å². The third-order valence-corrected chi connectivity index (χ3v) is 3.85. The van der Waals surface area contributed by atoms with Crippen molar-refractivity contribution in [3.63, 3.8) is 0 Å². The summed E-state index contributed by atoms with van der Waals surface area (Å²) in [5.41, 5.74) is 8.09. The van der Waals surface area contributed by atoms with Crippen LogP contribution in [0.25, 0.3) is 6.08 Å². The monoisotopic (exact) mass is 391 g/mol. The van der Waals surface area contributed by atoms with Crippen LogP contribution in [0.1, 0.15) is 22.5 Å². The molecule has 4 N–H and O–H groups in total. The molecule has 0 atom stereocenters. The van der Waals surface area contributed by atoms with E-state index in [0.29, 0.717) is 22.6 Å². The van der Waals surface area contributed by atoms with Crippen LogP contribution in [0.5, 0.6) is 0 Å². The Morgan fingerprint density at radius 3 is 2.52 bits per heavy atom. The largest absolute Gasteiger partial charge is 0.397 e. The van der Waals surface area contributed by atoms with Crippen LogP contribution in [0.3, 0.4) is 0 Å². The minimum absolute atomic E-state index is 0.118. The summed E-state index contributed by atoms with van der Waals surface area (Å²) >= 11 is 0. The van der Waals surface area contributed by atoms with E-state index in [4.69, 9.17) is 5.73 Å². The van der Waals surface area contributed by atoms with Crippen molar-refractivity contribution in [2.24, 2.45) is 0 Å². The van der Waals surface area contributed by atoms with Crippen LogP contribution < -0.4 is 16.4 Å². The molecule has 0 saturated heterocycles. The maximum absolute atomic E-state index is 12.7. The lowest BCUT2D eigenvalue weighted by molar-refractivity contribution is -0.115. The van der Waals surface area contributed by atoms with Crippen molar-refractivity contribution in [1.29, 1.82) is 0 Å². The zero-order chi connectivity index (χ0) is 20.6. The summed E-state index contributed by atoms with van der Waals surface area (Å²) in [5.74, 6) is -1.22. The Balaban J connectivity index is 1.53. The quantitative estimate of drug-likeness (QED) is 0.440. The molecule has 2 aromatic heterocycles. The molecule has 7 nitrogen and oxygen atoms in total. The predicted molar refractivity (Wildman–Crippen MR) is 110 cm³/mol. The minimum Gasteiger partial charge on any atom is -0.397 e. The van der Waals surface area contributed by atoms with Gasteiger partial charge in [-0.15, -0.1) is 0 Å². The summed E-state index contributed by atoms with van der Waals surface area (Å²) in [5, 5.41) is 5.36. The molecule has 0 radical (unpaired) electrons. The average molecular weight is 391 g/mol. The summed E-state index contributed by atoms with van der Waals surface area (Å²) in [6.07, 6.45) is 6.21. The fourth-order valence-electron chi connectivity index (χ4n) is 2.40. The molecule has 0 aliphatic rings. The number of carbonyl (C=O) groups excluding carboxylic acids is 2. The van der Waals surface area contributed by atoms with Gasteiger partial charge in [0, 0.05) is 12.6 Å². The van der Waals surface area contributed by atoms with E-state index in [1.165, 1.54) is 24.5 Å². The number of benzene rings is 1. The van der Waals surface area contributed by atoms with Crippen molar-refractivity contribution in [3.05, 3.63) is 84.2 Å². The molecule has 8 heteroatoms. The van der Waals surface area contributed by atoms with Crippen molar-refractivity contribution in [1.82, 2.24) is 9.97 Å². The van der Waals surface area contributed by atoms with E-state index in [2.05, 4.69) is 20.6 Å². The Morgan fingerprint density at radius 2 is 1.83 bits per heavy atom. The van der Waals surface area contributed by atoms with Crippen LogP contribution in [-0.4, -0.2) is 21.8 Å². The topological polar surface area (TPSA) is 110 Å². The van der Waals surface area contributed by atoms with E-state index in [0.717, 1.165) is 0 Å². The second-order valence-corrected chi connectivity index (χ2v) is 6.04. The normalized spacial score (nSPS) is 10.7. The van der Waals surface area contributed by atoms with Gasteiger partial charge in [0.1, 0.15) is 5.69 Å². The fourth-order valence-corrected chi connectivity index (χ4v) is 2.40. The summed E-state index contributed by atoms with van der Waals surface area (Å²) in [6.45, 7) is 0. The van der Waals surface area contributed by atoms with Crippen LogP contribution in [-0.2, 0) is 4.79 Å². The predicted octanol–water partition coefficient (Wildman–Crippen LogP) is 3.49. The smallest absolute Gasteiger partial charge is 0.274 e. The third kappa shape index (κ3) is 5.70. The summed E-state index contributed by atoms with van der Waals surface area (Å²) in [7, 11) is 0. The molecule has 0 unspecified atom stereocenters. The second-order valence-electron chi connectivity index (χ2n) is 6.04. The highest BCUT2D eigenvalue weighted by atomic mass is 19.1. The lowest BCUT2D eigenvalue weighted by atomic mass is 10.2. The van der Waals surface area contributed by atoms with E-state index in [-0.39, 0.29) is 18.0 Å². The highest BCUT2D eigenvalue weighted by molar-refractivity contribution is 6.04. The number of rotatable bonds is 6. The van der Waals surface area contributed by atoms with Gasteiger partial charge in [-0.3, -0.25) is 9.59 Å². The van der Waals surface area contributed by atoms with Crippen molar-refractivity contribution in [3.8, 4) is 0 Å². The van der Waals surface area contributed by atoms with Crippen molar-refractivity contribution >= 4 is 35.0 Å². The lowest BCUT2D eigenvalue weighted by Crippen LogP contribution is -2.15. The molecule has 2 amide bonds. The van der Waals surface area contributed by atoms with Crippen LogP contribution >= 0.6 is 0 Å². The molecular weight excluding hydrogens is 373 g/mol. The van der Waals surface area contributed by atoms with E-state index in [1.54, 1.807) is 48.6 Å². The first kappa shape index (κ1) is 19.7. The van der Waals surface area contributed by atoms with Gasteiger partial charge >= 0.3 is 0 Å². The first-order valence-electron chi connectivity index (χ1n) is 8.71. The number of pyridine rings is 2. The van der Waals surface area contributed by atoms with Gasteiger partial charge in [-0.2, -0.15) is 4.39 Å². The lowest BCUT2D eigenvalue weighted by Gasteiger charge is -2.08. The molecule has 0 saturated carbocycles. The van der Waals surface area contributed by atoms with Crippen LogP contribution in [0.2, 0.25) is 0 Å². The molecule has 0 bridgehead atoms. The fraction of sp³-hybridized carbons (Fsp3) is 0.0476. The molecule has 0 aliphatic heterocycles. The number of nitrogens with zero attached hydrogens (tertiary/aromatic N) is 2. The number of hydrogen-bond donors (Lipinski definition) is 3. The summed E-state index contributed by atoms with van der Waals surface area (Å²) in [4.78, 5) is 31.8. The minimum atomic E-state index is -0.559. The van der Waals surface area contributed by atoms with Crippen molar-refractivity contribution < 1.29 is 14.0 Å². The van der Waals surface area contributed by atoms with Crippen LogP contribution in [0, 0.1) is 5.95 Å². The van der Waals surface area contributed by atoms with Crippen molar-refractivity contribution in [2.45, 2.75) is 6.42 Å². The van der Waals surface area contributed by atoms with E-state index >= 15 is 0 Å². The zero-order valence-electron chi connectivity index (χ0n) is 15.3. The van der Waals surface area contributed by atoms with Crippen LogP contribution in [0.15, 0.2) is 67.0 Å². The summed E-state index contributed by atoms with van der Waals surface area (Å²) in [6, 6.07) is 12.8. The molecular formula is C21H18FN5O2. The van der Waals surface area contributed by atoms with Crippen LogP contribution in [0.4, 0.5) is 21.5 Å². The first-order valence-corrected chi connectivity index (χ1v) is 8.71. The van der Waals surface area contributed by atoms with Gasteiger partial charge < -0.3 is 16.4 Å². The molecule has 2 heterocycles. The molecule has 0 aliphatic carbocycles. The molecule has 0 spiro atoms. The first-order chi connectivity index (χ1) is 14.0. The standard InChI is InChI=1S/C21H18FN5O2/c22-19-11-8-14(12-25-19)4-3-7-20(28)26-15-9-10-18(24-13-15)21(29)27-17-6-2-1-5-16(17)23/h1-6,8-13H,7,23H2,(H,26,28)(H,27,29)/b4-3+. The van der Waals surface area contributed by atoms with Gasteiger partial charge in [0.2, 0.25) is 11.9 Å². The molecule has 29 heavy (non-hydrogen) atoms. The number of nitrogens with one attached hydrogen (secondary N) is 2. The van der Waals surface area contributed by atoms with Gasteiger partial charge in [0.25, 0.3) is 5.91 Å². The maximum atomic E-state index is 12.7. The zero-order valence-corrected chi connectivity index (χ0v) is 15.3. The number of halogens is 1. The molecule has 0 fully saturated rings. The SMILES string of the molecule is Nc1ccccc1NC(=O)c1ccc(NC(=O)C/C=C/c2ccc(F)nc2)cn1. The Bertz CT molecular complexity index is 1030. The number of carbonyl (C=O) groups is 2. The van der Waals surface area contributed by atoms with E-state index < -0.39 is 11.9 Å². The van der Waals surface area contributed by atoms with Gasteiger partial charge in [0.15, 0.2) is 0 Å². The highest BCUT2D eigenvalue weighted by Gasteiger charge is 2.09. The molecule has 1 aromatic carbocycles. The van der Waals surface area contributed by atoms with E-state index in [1.807, 2.05) is 0 Å². The molecule has 3 aromatic rings. The highest BCUT2D eigenvalue weighted by Crippen LogP contribution is 2.17. The number of hydrogen-bond acceptors (Lipinski definition) is 5. The number of amides is 2. The van der Waals surface area contributed by atoms with E-state index in [9.17, 15) is 14.0 Å². The Labute approximate surface area is 166 Å².